The maximum Gasteiger partial charge on any atom is 0.0702 e. The van der Waals surface area contributed by atoms with Crippen LogP contribution in [0.15, 0.2) is 24.5 Å². The molecule has 1 aliphatic heterocycles. The van der Waals surface area contributed by atoms with Gasteiger partial charge in [-0.05, 0) is 44.9 Å². The number of nitrogens with two attached hydrogens (primary N) is 1. The van der Waals surface area contributed by atoms with E-state index in [0.717, 1.165) is 19.6 Å². The van der Waals surface area contributed by atoms with Gasteiger partial charge in [0.25, 0.3) is 0 Å². The highest BCUT2D eigenvalue weighted by molar-refractivity contribution is 5.15. The number of aromatic nitrogens is 1. The summed E-state index contributed by atoms with van der Waals surface area (Å²) in [4.78, 5) is 6.51. The average Bonchev–Trinajstić information content (AvgIpc) is 2.40. The lowest BCUT2D eigenvalue weighted by Crippen LogP contribution is -2.42. The van der Waals surface area contributed by atoms with Crippen LogP contribution in [-0.4, -0.2) is 42.2 Å². The van der Waals surface area contributed by atoms with Crippen molar-refractivity contribution in [2.45, 2.75) is 44.4 Å². The third kappa shape index (κ3) is 4.00. The van der Waals surface area contributed by atoms with Gasteiger partial charge in [0.15, 0.2) is 0 Å². The first-order chi connectivity index (χ1) is 9.18. The first-order valence-corrected chi connectivity index (χ1v) is 7.16. The van der Waals surface area contributed by atoms with Crippen molar-refractivity contribution in [3.05, 3.63) is 30.1 Å². The lowest BCUT2D eigenvalue weighted by atomic mass is 10.00. The topological polar surface area (TPSA) is 51.4 Å². The van der Waals surface area contributed by atoms with Gasteiger partial charge in [-0.25, -0.2) is 0 Å². The number of ether oxygens (including phenoxy) is 1. The fourth-order valence-corrected chi connectivity index (χ4v) is 2.90. The van der Waals surface area contributed by atoms with Crippen LogP contribution in [0.1, 0.15) is 37.8 Å². The monoisotopic (exact) mass is 263 g/mol. The number of hydrogen-bond acceptors (Lipinski definition) is 4. The Bertz CT molecular complexity index is 363. The molecule has 106 valence electrons. The first kappa shape index (κ1) is 14.4. The van der Waals surface area contributed by atoms with E-state index in [1.165, 1.54) is 18.4 Å². The molecule has 0 radical (unpaired) electrons. The van der Waals surface area contributed by atoms with Crippen LogP contribution in [0.3, 0.4) is 0 Å². The van der Waals surface area contributed by atoms with Gasteiger partial charge in [-0.1, -0.05) is 6.07 Å². The van der Waals surface area contributed by atoms with Gasteiger partial charge < -0.3 is 10.5 Å². The second-order valence-electron chi connectivity index (χ2n) is 5.52. The van der Waals surface area contributed by atoms with E-state index in [1.807, 2.05) is 12.3 Å². The zero-order valence-electron chi connectivity index (χ0n) is 12.0. The molecule has 3 unspecified atom stereocenters. The largest absolute Gasteiger partial charge is 0.377 e. The molecule has 1 fully saturated rings. The van der Waals surface area contributed by atoms with Crippen LogP contribution >= 0.6 is 0 Å². The van der Waals surface area contributed by atoms with E-state index < -0.39 is 0 Å². The van der Waals surface area contributed by atoms with Gasteiger partial charge in [0.1, 0.15) is 0 Å². The second-order valence-corrected chi connectivity index (χ2v) is 5.52. The highest BCUT2D eigenvalue weighted by Gasteiger charge is 2.24. The molecule has 0 aromatic carbocycles. The number of rotatable bonds is 5. The van der Waals surface area contributed by atoms with Crippen LogP contribution in [0.25, 0.3) is 0 Å². The molecule has 1 aromatic rings. The van der Waals surface area contributed by atoms with E-state index in [9.17, 15) is 0 Å². The fourth-order valence-electron chi connectivity index (χ4n) is 2.90. The summed E-state index contributed by atoms with van der Waals surface area (Å²) in [5.41, 5.74) is 7.34. The molecule has 0 saturated carbocycles. The smallest absolute Gasteiger partial charge is 0.0702 e. The van der Waals surface area contributed by atoms with Crippen molar-refractivity contribution < 1.29 is 4.74 Å². The average molecular weight is 263 g/mol. The predicted molar refractivity (Wildman–Crippen MR) is 76.8 cm³/mol. The molecular formula is C15H25N3O. The first-order valence-electron chi connectivity index (χ1n) is 7.16. The van der Waals surface area contributed by atoms with Crippen LogP contribution < -0.4 is 5.73 Å². The molecule has 19 heavy (non-hydrogen) atoms. The van der Waals surface area contributed by atoms with Gasteiger partial charge in [-0.3, -0.25) is 9.88 Å². The molecule has 1 aliphatic rings. The van der Waals surface area contributed by atoms with E-state index in [-0.39, 0.29) is 12.1 Å². The summed E-state index contributed by atoms with van der Waals surface area (Å²) >= 11 is 0. The van der Waals surface area contributed by atoms with E-state index in [0.29, 0.717) is 6.10 Å². The number of pyridine rings is 1. The minimum atomic E-state index is 0.0674. The Hall–Kier alpha value is -0.970. The molecule has 2 rings (SSSR count). The summed E-state index contributed by atoms with van der Waals surface area (Å²) in [7, 11) is 2.12. The molecule has 0 aliphatic carbocycles. The summed E-state index contributed by atoms with van der Waals surface area (Å²) in [6.07, 6.45) is 7.67. The van der Waals surface area contributed by atoms with Crippen molar-refractivity contribution in [3.63, 3.8) is 0 Å². The maximum atomic E-state index is 6.16. The second kappa shape index (κ2) is 6.98. The fraction of sp³-hybridized carbons (Fsp3) is 0.667. The summed E-state index contributed by atoms with van der Waals surface area (Å²) in [5.74, 6) is 0. The zero-order valence-corrected chi connectivity index (χ0v) is 12.0. The standard InChI is InChI=1S/C15H25N3O/c1-12(16)15(13-6-5-8-17-10-13)18(2)11-14-7-3-4-9-19-14/h5-6,8,10,12,14-15H,3-4,7,9,11,16H2,1-2H3. The molecule has 4 heteroatoms. The number of hydrogen-bond donors (Lipinski definition) is 1. The molecule has 3 atom stereocenters. The van der Waals surface area contributed by atoms with Crippen LogP contribution in [0.5, 0.6) is 0 Å². The van der Waals surface area contributed by atoms with Gasteiger partial charge in [0, 0.05) is 31.6 Å². The third-order valence-corrected chi connectivity index (χ3v) is 3.76. The minimum absolute atomic E-state index is 0.0674. The predicted octanol–water partition coefficient (Wildman–Crippen LogP) is 1.97. The van der Waals surface area contributed by atoms with Crippen molar-refractivity contribution in [1.29, 1.82) is 0 Å². The normalized spacial score (nSPS) is 23.3. The SMILES string of the molecule is CC(N)C(c1cccnc1)N(C)CC1CCCCO1. The number of nitrogens with zero attached hydrogens (tertiary/aromatic N) is 2. The molecular weight excluding hydrogens is 238 g/mol. The summed E-state index contributed by atoms with van der Waals surface area (Å²) in [6.45, 7) is 3.88. The molecule has 0 amide bonds. The van der Waals surface area contributed by atoms with Crippen LogP contribution in [0.2, 0.25) is 0 Å². The Kier molecular flexibility index (Phi) is 5.31. The zero-order chi connectivity index (χ0) is 13.7. The molecule has 2 N–H and O–H groups in total. The highest BCUT2D eigenvalue weighted by atomic mass is 16.5. The molecule has 4 nitrogen and oxygen atoms in total. The lowest BCUT2D eigenvalue weighted by molar-refractivity contribution is -0.00988. The van der Waals surface area contributed by atoms with Gasteiger partial charge in [-0.15, -0.1) is 0 Å². The van der Waals surface area contributed by atoms with Crippen LogP contribution in [0, 0.1) is 0 Å². The van der Waals surface area contributed by atoms with E-state index >= 15 is 0 Å². The Labute approximate surface area is 116 Å². The summed E-state index contributed by atoms with van der Waals surface area (Å²) in [6, 6.07) is 4.33. The van der Waals surface area contributed by atoms with E-state index in [4.69, 9.17) is 10.5 Å². The van der Waals surface area contributed by atoms with Crippen LogP contribution in [-0.2, 0) is 4.74 Å². The quantitative estimate of drug-likeness (QED) is 0.882. The molecule has 0 spiro atoms. The van der Waals surface area contributed by atoms with Crippen molar-refractivity contribution in [2.24, 2.45) is 5.73 Å². The Morgan fingerprint density at radius 3 is 2.95 bits per heavy atom. The van der Waals surface area contributed by atoms with Gasteiger partial charge in [0.05, 0.1) is 12.1 Å². The molecule has 1 saturated heterocycles. The number of likely N-dealkylation sites (N-methyl/N-ethyl adjacent to an activating group) is 1. The minimum Gasteiger partial charge on any atom is -0.377 e. The van der Waals surface area contributed by atoms with Crippen molar-refractivity contribution in [2.75, 3.05) is 20.2 Å². The maximum absolute atomic E-state index is 6.16. The third-order valence-electron chi connectivity index (χ3n) is 3.76. The van der Waals surface area contributed by atoms with Gasteiger partial charge in [-0.2, -0.15) is 0 Å². The Morgan fingerprint density at radius 1 is 1.53 bits per heavy atom. The molecule has 1 aromatic heterocycles. The molecule has 2 heterocycles. The van der Waals surface area contributed by atoms with Crippen molar-refractivity contribution in [3.8, 4) is 0 Å². The van der Waals surface area contributed by atoms with E-state index in [1.54, 1.807) is 6.20 Å². The van der Waals surface area contributed by atoms with Crippen LogP contribution in [0.4, 0.5) is 0 Å². The highest BCUT2D eigenvalue weighted by Crippen LogP contribution is 2.23. The molecule has 0 bridgehead atoms. The summed E-state index contributed by atoms with van der Waals surface area (Å²) in [5, 5.41) is 0. The van der Waals surface area contributed by atoms with Crippen molar-refractivity contribution in [1.82, 2.24) is 9.88 Å². The van der Waals surface area contributed by atoms with Gasteiger partial charge in [0.2, 0.25) is 0 Å². The van der Waals surface area contributed by atoms with Crippen molar-refractivity contribution >= 4 is 0 Å². The lowest BCUT2D eigenvalue weighted by Gasteiger charge is -2.35. The Morgan fingerprint density at radius 2 is 2.37 bits per heavy atom. The van der Waals surface area contributed by atoms with Gasteiger partial charge >= 0.3 is 0 Å². The van der Waals surface area contributed by atoms with E-state index in [2.05, 4.69) is 29.9 Å². The summed E-state index contributed by atoms with van der Waals surface area (Å²) < 4.78 is 5.82. The Balaban J connectivity index is 2.02.